The first kappa shape index (κ1) is 20.2. The highest BCUT2D eigenvalue weighted by Gasteiger charge is 2.46. The van der Waals surface area contributed by atoms with E-state index in [0.29, 0.717) is 11.8 Å². The standard InChI is InChI=1S/C20H37OP.BrH/c21-17-16-20(14-8-3-9-15-20)22(18-10-4-1-5-11-18)19-12-6-2-7-13-19;/h18-19,21H,1-17H2;1H. The fraction of sp³-hybridized carbons (Fsp3) is 1.00. The molecule has 3 heteroatoms. The second-order valence-corrected chi connectivity index (χ2v) is 11.5. The lowest BCUT2D eigenvalue weighted by Gasteiger charge is -2.52. The van der Waals surface area contributed by atoms with Crippen LogP contribution in [0.2, 0.25) is 0 Å². The lowest BCUT2D eigenvalue weighted by molar-refractivity contribution is 0.241. The average Bonchev–Trinajstić information content (AvgIpc) is 2.58. The smallest absolute Gasteiger partial charge is 0.0439 e. The van der Waals surface area contributed by atoms with E-state index >= 15 is 0 Å². The molecule has 23 heavy (non-hydrogen) atoms. The lowest BCUT2D eigenvalue weighted by Crippen LogP contribution is -2.39. The number of halogens is 1. The van der Waals surface area contributed by atoms with Gasteiger partial charge < -0.3 is 5.11 Å². The molecule has 0 amide bonds. The van der Waals surface area contributed by atoms with Crippen LogP contribution in [0.25, 0.3) is 0 Å². The van der Waals surface area contributed by atoms with E-state index in [1.807, 2.05) is 0 Å². The van der Waals surface area contributed by atoms with E-state index in [1.54, 1.807) is 0 Å². The van der Waals surface area contributed by atoms with Gasteiger partial charge in [-0.15, -0.1) is 17.0 Å². The molecule has 0 radical (unpaired) electrons. The summed E-state index contributed by atoms with van der Waals surface area (Å²) in [6.07, 6.45) is 23.4. The second kappa shape index (κ2) is 10.1. The third kappa shape index (κ3) is 4.95. The number of rotatable bonds is 5. The van der Waals surface area contributed by atoms with E-state index in [9.17, 15) is 5.11 Å². The van der Waals surface area contributed by atoms with Crippen molar-refractivity contribution in [2.45, 2.75) is 119 Å². The topological polar surface area (TPSA) is 20.2 Å². The van der Waals surface area contributed by atoms with E-state index in [4.69, 9.17) is 0 Å². The predicted octanol–water partition coefficient (Wildman–Crippen LogP) is 6.80. The van der Waals surface area contributed by atoms with E-state index in [2.05, 4.69) is 0 Å². The van der Waals surface area contributed by atoms with Crippen molar-refractivity contribution in [3.63, 3.8) is 0 Å². The van der Waals surface area contributed by atoms with Gasteiger partial charge in [0, 0.05) is 6.61 Å². The van der Waals surface area contributed by atoms with Gasteiger partial charge in [0.15, 0.2) is 0 Å². The molecule has 0 aromatic rings. The Morgan fingerprint density at radius 2 is 1.13 bits per heavy atom. The minimum absolute atomic E-state index is 0. The first-order valence-corrected chi connectivity index (χ1v) is 11.7. The van der Waals surface area contributed by atoms with Crippen molar-refractivity contribution < 1.29 is 5.11 Å². The summed E-state index contributed by atoms with van der Waals surface area (Å²) in [4.78, 5) is 0. The summed E-state index contributed by atoms with van der Waals surface area (Å²) in [6, 6.07) is 0. The molecule has 136 valence electrons. The monoisotopic (exact) mass is 404 g/mol. The molecule has 3 aliphatic carbocycles. The van der Waals surface area contributed by atoms with Crippen molar-refractivity contribution in [3.8, 4) is 0 Å². The molecule has 0 aliphatic heterocycles. The highest BCUT2D eigenvalue weighted by atomic mass is 79.9. The first-order chi connectivity index (χ1) is 10.9. The maximum Gasteiger partial charge on any atom is 0.0439 e. The van der Waals surface area contributed by atoms with Crippen LogP contribution in [0.15, 0.2) is 0 Å². The molecule has 0 aromatic heterocycles. The molecule has 0 unspecified atom stereocenters. The predicted molar refractivity (Wildman–Crippen MR) is 109 cm³/mol. The molecule has 0 heterocycles. The second-order valence-electron chi connectivity index (χ2n) is 8.25. The number of aliphatic hydroxyl groups is 1. The molecule has 3 aliphatic rings. The van der Waals surface area contributed by atoms with E-state index < -0.39 is 0 Å². The Kier molecular flexibility index (Phi) is 8.89. The SMILES string of the molecule is Br.OCCC1(P(C2CCCCC2)C2CCCCC2)CCCCC1. The Morgan fingerprint density at radius 3 is 1.57 bits per heavy atom. The highest BCUT2D eigenvalue weighted by molar-refractivity contribution is 8.93. The third-order valence-corrected chi connectivity index (χ3v) is 11.2. The van der Waals surface area contributed by atoms with Gasteiger partial charge in [0.05, 0.1) is 0 Å². The molecule has 0 bridgehead atoms. The zero-order valence-corrected chi connectivity index (χ0v) is 17.6. The van der Waals surface area contributed by atoms with Crippen LogP contribution in [-0.4, -0.2) is 28.2 Å². The highest BCUT2D eigenvalue weighted by Crippen LogP contribution is 2.68. The van der Waals surface area contributed by atoms with Gasteiger partial charge in [-0.2, -0.15) is 0 Å². The van der Waals surface area contributed by atoms with Gasteiger partial charge in [0.2, 0.25) is 0 Å². The molecule has 1 N–H and O–H groups in total. The van der Waals surface area contributed by atoms with Crippen LogP contribution in [0, 0.1) is 0 Å². The number of hydrogen-bond acceptors (Lipinski definition) is 1. The van der Waals surface area contributed by atoms with Crippen LogP contribution in [0.3, 0.4) is 0 Å². The van der Waals surface area contributed by atoms with Crippen LogP contribution in [0.4, 0.5) is 0 Å². The normalized spacial score (nSPS) is 26.9. The Labute approximate surface area is 155 Å². The van der Waals surface area contributed by atoms with Crippen molar-refractivity contribution in [2.24, 2.45) is 0 Å². The van der Waals surface area contributed by atoms with Crippen molar-refractivity contribution in [1.82, 2.24) is 0 Å². The molecule has 3 rings (SSSR count). The molecular formula is C20H38BrOP. The maximum absolute atomic E-state index is 9.84. The van der Waals surface area contributed by atoms with Gasteiger partial charge in [0.1, 0.15) is 0 Å². The molecule has 0 saturated heterocycles. The molecule has 0 aromatic carbocycles. The fourth-order valence-electron chi connectivity index (χ4n) is 5.85. The maximum atomic E-state index is 9.84. The molecular weight excluding hydrogens is 367 g/mol. The van der Waals surface area contributed by atoms with Crippen molar-refractivity contribution in [1.29, 1.82) is 0 Å². The molecule has 3 fully saturated rings. The van der Waals surface area contributed by atoms with Gasteiger partial charge in [-0.25, -0.2) is 0 Å². The van der Waals surface area contributed by atoms with Crippen LogP contribution in [-0.2, 0) is 0 Å². The summed E-state index contributed by atoms with van der Waals surface area (Å²) >= 11 is 0. The van der Waals surface area contributed by atoms with Gasteiger partial charge in [-0.05, 0) is 61.4 Å². The van der Waals surface area contributed by atoms with E-state index in [-0.39, 0.29) is 24.9 Å². The van der Waals surface area contributed by atoms with E-state index in [1.165, 1.54) is 96.3 Å². The largest absolute Gasteiger partial charge is 0.396 e. The van der Waals surface area contributed by atoms with Gasteiger partial charge in [0.25, 0.3) is 0 Å². The third-order valence-electron chi connectivity index (χ3n) is 6.85. The summed E-state index contributed by atoms with van der Waals surface area (Å²) in [7, 11) is 0.135. The van der Waals surface area contributed by atoms with Crippen LogP contribution in [0.5, 0.6) is 0 Å². The van der Waals surface area contributed by atoms with E-state index in [0.717, 1.165) is 17.7 Å². The Bertz CT molecular complexity index is 294. The average molecular weight is 405 g/mol. The minimum Gasteiger partial charge on any atom is -0.396 e. The van der Waals surface area contributed by atoms with Crippen LogP contribution < -0.4 is 0 Å². The summed E-state index contributed by atoms with van der Waals surface area (Å²) in [6.45, 7) is 0.443. The van der Waals surface area contributed by atoms with Crippen molar-refractivity contribution in [2.75, 3.05) is 6.61 Å². The van der Waals surface area contributed by atoms with Gasteiger partial charge >= 0.3 is 0 Å². The minimum atomic E-state index is 0. The van der Waals surface area contributed by atoms with Crippen molar-refractivity contribution >= 4 is 24.9 Å². The van der Waals surface area contributed by atoms with Crippen LogP contribution >= 0.6 is 24.9 Å². The van der Waals surface area contributed by atoms with Crippen molar-refractivity contribution in [3.05, 3.63) is 0 Å². The number of aliphatic hydroxyl groups excluding tert-OH is 1. The van der Waals surface area contributed by atoms with Gasteiger partial charge in [-0.1, -0.05) is 65.7 Å². The number of hydrogen-bond donors (Lipinski definition) is 1. The van der Waals surface area contributed by atoms with Crippen LogP contribution in [0.1, 0.15) is 103 Å². The lowest BCUT2D eigenvalue weighted by atomic mass is 9.86. The quantitative estimate of drug-likeness (QED) is 0.499. The Balaban J connectivity index is 0.00000192. The Hall–Kier alpha value is 0.870. The molecule has 0 spiro atoms. The zero-order valence-electron chi connectivity index (χ0n) is 15.0. The zero-order chi connectivity index (χ0) is 15.3. The summed E-state index contributed by atoms with van der Waals surface area (Å²) in [5, 5.41) is 10.4. The molecule has 1 nitrogen and oxygen atoms in total. The Morgan fingerprint density at radius 1 is 0.696 bits per heavy atom. The molecule has 0 atom stereocenters. The first-order valence-electron chi connectivity index (χ1n) is 10.2. The fourth-order valence-corrected chi connectivity index (χ4v) is 11.0. The summed E-state index contributed by atoms with van der Waals surface area (Å²) < 4.78 is 0. The summed E-state index contributed by atoms with van der Waals surface area (Å²) in [5.41, 5.74) is 2.10. The molecule has 3 saturated carbocycles. The summed E-state index contributed by atoms with van der Waals surface area (Å²) in [5.74, 6) is 0. The van der Waals surface area contributed by atoms with Gasteiger partial charge in [-0.3, -0.25) is 0 Å².